The number of carbonyl (C=O) groups is 1. The van der Waals surface area contributed by atoms with Gasteiger partial charge in [0.25, 0.3) is 5.91 Å². The first-order valence-electron chi connectivity index (χ1n) is 8.12. The lowest BCUT2D eigenvalue weighted by Crippen LogP contribution is -2.35. The van der Waals surface area contributed by atoms with Gasteiger partial charge >= 0.3 is 0 Å². The number of hydrogen-bond acceptors (Lipinski definition) is 5. The molecule has 1 aliphatic heterocycles. The summed E-state index contributed by atoms with van der Waals surface area (Å²) in [6.07, 6.45) is 2.60. The molecule has 0 spiro atoms. The lowest BCUT2D eigenvalue weighted by Gasteiger charge is -2.21. The third-order valence-electron chi connectivity index (χ3n) is 4.22. The van der Waals surface area contributed by atoms with Crippen molar-refractivity contribution in [1.82, 2.24) is 14.9 Å². The third kappa shape index (κ3) is 2.97. The monoisotopic (exact) mass is 338 g/mol. The van der Waals surface area contributed by atoms with Crippen molar-refractivity contribution < 1.29 is 4.79 Å². The average molecular weight is 338 g/mol. The first-order valence-corrected chi connectivity index (χ1v) is 8.94. The van der Waals surface area contributed by atoms with Gasteiger partial charge in [0.1, 0.15) is 5.69 Å². The Morgan fingerprint density at radius 2 is 1.88 bits per heavy atom. The Morgan fingerprint density at radius 1 is 1.00 bits per heavy atom. The summed E-state index contributed by atoms with van der Waals surface area (Å²) in [6.45, 7) is 3.19. The number of pyridine rings is 1. The predicted octanol–water partition coefficient (Wildman–Crippen LogP) is 3.04. The molecule has 0 saturated carbocycles. The van der Waals surface area contributed by atoms with Crippen LogP contribution in [0.3, 0.4) is 0 Å². The molecule has 2 aromatic heterocycles. The molecular formula is C18H18N4OS. The van der Waals surface area contributed by atoms with Gasteiger partial charge in [-0.2, -0.15) is 0 Å². The van der Waals surface area contributed by atoms with Crippen molar-refractivity contribution >= 4 is 32.6 Å². The zero-order valence-corrected chi connectivity index (χ0v) is 14.1. The second kappa shape index (κ2) is 6.57. The van der Waals surface area contributed by atoms with Crippen molar-refractivity contribution in [1.29, 1.82) is 0 Å². The number of carbonyl (C=O) groups excluding carboxylic acids is 1. The van der Waals surface area contributed by atoms with Crippen molar-refractivity contribution in [2.75, 3.05) is 31.1 Å². The molecule has 0 unspecified atom stereocenters. The fourth-order valence-corrected chi connectivity index (χ4v) is 3.98. The smallest absolute Gasteiger partial charge is 0.272 e. The maximum absolute atomic E-state index is 12.6. The lowest BCUT2D eigenvalue weighted by molar-refractivity contribution is 0.0761. The van der Waals surface area contributed by atoms with Gasteiger partial charge in [-0.1, -0.05) is 29.5 Å². The highest BCUT2D eigenvalue weighted by Crippen LogP contribution is 2.29. The van der Waals surface area contributed by atoms with E-state index in [0.717, 1.165) is 36.7 Å². The van der Waals surface area contributed by atoms with Gasteiger partial charge in [0, 0.05) is 32.4 Å². The van der Waals surface area contributed by atoms with Crippen LogP contribution in [0.25, 0.3) is 10.2 Å². The molecule has 122 valence electrons. The van der Waals surface area contributed by atoms with Crippen LogP contribution >= 0.6 is 11.3 Å². The third-order valence-corrected chi connectivity index (χ3v) is 5.32. The molecule has 1 fully saturated rings. The molecule has 3 aromatic rings. The number of nitrogens with zero attached hydrogens (tertiary/aromatic N) is 4. The van der Waals surface area contributed by atoms with Crippen LogP contribution in [0.4, 0.5) is 5.13 Å². The molecule has 6 heteroatoms. The second-order valence-electron chi connectivity index (χ2n) is 5.81. The highest BCUT2D eigenvalue weighted by Gasteiger charge is 2.22. The summed E-state index contributed by atoms with van der Waals surface area (Å²) >= 11 is 1.72. The molecule has 5 nitrogen and oxygen atoms in total. The standard InChI is InChI=1S/C18H18N4OS/c23-17(15-7-3-4-9-19-15)21-10-5-11-22(13-12-21)18-20-14-6-1-2-8-16(14)24-18/h1-4,6-9H,5,10-13H2. The molecule has 3 heterocycles. The summed E-state index contributed by atoms with van der Waals surface area (Å²) in [6, 6.07) is 13.7. The summed E-state index contributed by atoms with van der Waals surface area (Å²) in [5.41, 5.74) is 1.56. The minimum atomic E-state index is 0.0155. The molecule has 0 radical (unpaired) electrons. The van der Waals surface area contributed by atoms with Crippen LogP contribution in [0.15, 0.2) is 48.7 Å². The minimum Gasteiger partial charge on any atom is -0.346 e. The normalized spacial score (nSPS) is 15.5. The van der Waals surface area contributed by atoms with Gasteiger partial charge in [0.15, 0.2) is 5.13 Å². The number of amides is 1. The Hall–Kier alpha value is -2.47. The molecule has 0 N–H and O–H groups in total. The van der Waals surface area contributed by atoms with Crippen molar-refractivity contribution in [2.45, 2.75) is 6.42 Å². The summed E-state index contributed by atoms with van der Waals surface area (Å²) in [4.78, 5) is 25.7. The number of thiazole rings is 1. The summed E-state index contributed by atoms with van der Waals surface area (Å²) in [5, 5.41) is 1.04. The summed E-state index contributed by atoms with van der Waals surface area (Å²) < 4.78 is 1.21. The highest BCUT2D eigenvalue weighted by atomic mass is 32.1. The van der Waals surface area contributed by atoms with E-state index in [1.54, 1.807) is 23.6 Å². The zero-order valence-electron chi connectivity index (χ0n) is 13.3. The quantitative estimate of drug-likeness (QED) is 0.721. The Morgan fingerprint density at radius 3 is 2.71 bits per heavy atom. The van der Waals surface area contributed by atoms with E-state index in [1.807, 2.05) is 35.2 Å². The molecule has 1 saturated heterocycles. The molecule has 0 atom stereocenters. The van der Waals surface area contributed by atoms with Crippen molar-refractivity contribution in [3.05, 3.63) is 54.4 Å². The molecule has 0 aliphatic carbocycles. The number of para-hydroxylation sites is 1. The SMILES string of the molecule is O=C(c1ccccn1)N1CCCN(c2nc3ccccc3s2)CC1. The topological polar surface area (TPSA) is 49.3 Å². The fourth-order valence-electron chi connectivity index (χ4n) is 2.96. The van der Waals surface area contributed by atoms with Gasteiger partial charge in [0.2, 0.25) is 0 Å². The molecule has 24 heavy (non-hydrogen) atoms. The minimum absolute atomic E-state index is 0.0155. The van der Waals surface area contributed by atoms with Crippen molar-refractivity contribution in [2.24, 2.45) is 0 Å². The van der Waals surface area contributed by atoms with E-state index in [4.69, 9.17) is 4.98 Å². The lowest BCUT2D eigenvalue weighted by atomic mass is 10.3. The van der Waals surface area contributed by atoms with Crippen molar-refractivity contribution in [3.63, 3.8) is 0 Å². The van der Waals surface area contributed by atoms with E-state index in [1.165, 1.54) is 4.70 Å². The first kappa shape index (κ1) is 15.1. The molecule has 1 amide bonds. The van der Waals surface area contributed by atoms with E-state index in [0.29, 0.717) is 12.2 Å². The van der Waals surface area contributed by atoms with E-state index in [-0.39, 0.29) is 5.91 Å². The fraction of sp³-hybridized carbons (Fsp3) is 0.278. The van der Waals surface area contributed by atoms with Crippen LogP contribution in [0.5, 0.6) is 0 Å². The maximum atomic E-state index is 12.6. The van der Waals surface area contributed by atoms with Gasteiger partial charge < -0.3 is 9.80 Å². The summed E-state index contributed by atoms with van der Waals surface area (Å²) in [7, 11) is 0. The van der Waals surface area contributed by atoms with E-state index in [9.17, 15) is 4.79 Å². The number of benzene rings is 1. The summed E-state index contributed by atoms with van der Waals surface area (Å²) in [5.74, 6) is 0.0155. The van der Waals surface area contributed by atoms with E-state index >= 15 is 0 Å². The molecule has 4 rings (SSSR count). The largest absolute Gasteiger partial charge is 0.346 e. The number of hydrogen-bond donors (Lipinski definition) is 0. The number of anilines is 1. The number of rotatable bonds is 2. The van der Waals surface area contributed by atoms with Crippen molar-refractivity contribution in [3.8, 4) is 0 Å². The van der Waals surface area contributed by atoms with Gasteiger partial charge in [-0.3, -0.25) is 9.78 Å². The first-order chi connectivity index (χ1) is 11.8. The van der Waals surface area contributed by atoms with Crippen LogP contribution < -0.4 is 4.90 Å². The Kier molecular flexibility index (Phi) is 4.13. The van der Waals surface area contributed by atoms with E-state index in [2.05, 4.69) is 16.0 Å². The van der Waals surface area contributed by atoms with Gasteiger partial charge in [0.05, 0.1) is 10.2 Å². The van der Waals surface area contributed by atoms with Crippen LogP contribution in [0.2, 0.25) is 0 Å². The molecule has 1 aliphatic rings. The predicted molar refractivity (Wildman–Crippen MR) is 96.6 cm³/mol. The van der Waals surface area contributed by atoms with Gasteiger partial charge in [-0.25, -0.2) is 4.98 Å². The molecule has 0 bridgehead atoms. The maximum Gasteiger partial charge on any atom is 0.272 e. The van der Waals surface area contributed by atoms with Crippen LogP contribution in [0.1, 0.15) is 16.9 Å². The second-order valence-corrected chi connectivity index (χ2v) is 6.82. The van der Waals surface area contributed by atoms with Gasteiger partial charge in [-0.15, -0.1) is 0 Å². The van der Waals surface area contributed by atoms with E-state index < -0.39 is 0 Å². The highest BCUT2D eigenvalue weighted by molar-refractivity contribution is 7.22. The molecular weight excluding hydrogens is 320 g/mol. The van der Waals surface area contributed by atoms with Crippen LogP contribution in [-0.2, 0) is 0 Å². The average Bonchev–Trinajstić information content (AvgIpc) is 2.91. The Balaban J connectivity index is 1.49. The Bertz CT molecular complexity index is 815. The Labute approximate surface area is 144 Å². The number of aromatic nitrogens is 2. The molecule has 1 aromatic carbocycles. The van der Waals surface area contributed by atoms with Gasteiger partial charge in [-0.05, 0) is 30.7 Å². The van der Waals surface area contributed by atoms with Crippen LogP contribution in [-0.4, -0.2) is 47.0 Å². The van der Waals surface area contributed by atoms with Crippen LogP contribution in [0, 0.1) is 0 Å². The number of fused-ring (bicyclic) bond motifs is 1. The zero-order chi connectivity index (χ0) is 16.4.